The number of thiazole rings is 1. The van der Waals surface area contributed by atoms with Crippen molar-refractivity contribution in [3.8, 4) is 0 Å². The molecule has 3 amide bonds. The largest absolute Gasteiger partial charge is 0.322 e. The molecule has 0 bridgehead atoms. The van der Waals surface area contributed by atoms with Gasteiger partial charge in [0.25, 0.3) is 0 Å². The molecule has 25 heavy (non-hydrogen) atoms. The number of anilines is 2. The molecule has 7 heteroatoms. The van der Waals surface area contributed by atoms with Gasteiger partial charge in [0.15, 0.2) is 5.13 Å². The van der Waals surface area contributed by atoms with Crippen molar-refractivity contribution in [1.82, 2.24) is 9.88 Å². The van der Waals surface area contributed by atoms with E-state index in [9.17, 15) is 9.59 Å². The van der Waals surface area contributed by atoms with Crippen molar-refractivity contribution in [3.63, 3.8) is 0 Å². The molecule has 130 valence electrons. The van der Waals surface area contributed by atoms with E-state index < -0.39 is 0 Å². The third kappa shape index (κ3) is 3.51. The summed E-state index contributed by atoms with van der Waals surface area (Å²) >= 11 is 1.48. The van der Waals surface area contributed by atoms with E-state index in [1.165, 1.54) is 11.3 Å². The number of nitrogens with zero attached hydrogens (tertiary/aromatic N) is 2. The lowest BCUT2D eigenvalue weighted by atomic mass is 9.85. The van der Waals surface area contributed by atoms with Crippen LogP contribution in [0.4, 0.5) is 15.6 Å². The number of rotatable bonds is 3. The van der Waals surface area contributed by atoms with Gasteiger partial charge in [-0.2, -0.15) is 0 Å². The van der Waals surface area contributed by atoms with E-state index in [1.807, 2.05) is 30.3 Å². The molecule has 0 spiro atoms. The van der Waals surface area contributed by atoms with Gasteiger partial charge in [-0.05, 0) is 25.0 Å². The van der Waals surface area contributed by atoms with Crippen LogP contribution in [0, 0.1) is 5.92 Å². The van der Waals surface area contributed by atoms with Crippen LogP contribution in [0.1, 0.15) is 29.8 Å². The van der Waals surface area contributed by atoms with E-state index in [1.54, 1.807) is 4.90 Å². The normalized spacial score (nSPS) is 16.7. The van der Waals surface area contributed by atoms with E-state index in [-0.39, 0.29) is 17.9 Å². The van der Waals surface area contributed by atoms with Crippen LogP contribution in [0.25, 0.3) is 0 Å². The maximum atomic E-state index is 12.4. The smallest absolute Gasteiger partial charge is 0.319 e. The molecule has 2 heterocycles. The number of para-hydroxylation sites is 1. The Labute approximate surface area is 150 Å². The summed E-state index contributed by atoms with van der Waals surface area (Å²) in [5.41, 5.74) is 1.79. The molecule has 1 aliphatic heterocycles. The Morgan fingerprint density at radius 1 is 1.16 bits per heavy atom. The number of hydrogen-bond acceptors (Lipinski definition) is 4. The van der Waals surface area contributed by atoms with Gasteiger partial charge in [-0.3, -0.25) is 4.79 Å². The maximum absolute atomic E-state index is 12.4. The summed E-state index contributed by atoms with van der Waals surface area (Å²) in [5, 5.41) is 6.51. The van der Waals surface area contributed by atoms with Gasteiger partial charge in [0.05, 0.1) is 12.2 Å². The van der Waals surface area contributed by atoms with Gasteiger partial charge in [-0.25, -0.2) is 9.78 Å². The first-order valence-electron chi connectivity index (χ1n) is 8.59. The van der Waals surface area contributed by atoms with Crippen molar-refractivity contribution in [3.05, 3.63) is 40.9 Å². The number of aromatic nitrogens is 1. The molecule has 1 aliphatic carbocycles. The van der Waals surface area contributed by atoms with Crippen LogP contribution in [0.5, 0.6) is 0 Å². The fourth-order valence-corrected chi connectivity index (χ4v) is 4.05. The Balaban J connectivity index is 1.39. The second-order valence-corrected chi connectivity index (χ2v) is 7.56. The molecule has 1 aromatic heterocycles. The lowest BCUT2D eigenvalue weighted by Crippen LogP contribution is -2.38. The summed E-state index contributed by atoms with van der Waals surface area (Å²) < 4.78 is 0. The second kappa shape index (κ2) is 6.84. The number of hydrogen-bond donors (Lipinski definition) is 2. The predicted octanol–water partition coefficient (Wildman–Crippen LogP) is 3.47. The first-order chi connectivity index (χ1) is 12.2. The molecular weight excluding hydrogens is 336 g/mol. The number of amides is 3. The summed E-state index contributed by atoms with van der Waals surface area (Å²) in [5.74, 6) is 0.227. The number of fused-ring (bicyclic) bond motifs is 1. The number of urea groups is 1. The zero-order valence-corrected chi connectivity index (χ0v) is 14.6. The molecule has 0 radical (unpaired) electrons. The van der Waals surface area contributed by atoms with E-state index >= 15 is 0 Å². The lowest BCUT2D eigenvalue weighted by Gasteiger charge is -2.26. The van der Waals surface area contributed by atoms with Crippen molar-refractivity contribution in [2.75, 3.05) is 17.2 Å². The average Bonchev–Trinajstić information content (AvgIpc) is 2.95. The number of carbonyl (C=O) groups excluding carboxylic acids is 2. The van der Waals surface area contributed by atoms with Crippen LogP contribution in [-0.2, 0) is 17.8 Å². The first kappa shape index (κ1) is 16.1. The Morgan fingerprint density at radius 3 is 2.68 bits per heavy atom. The van der Waals surface area contributed by atoms with Crippen LogP contribution in [0.15, 0.2) is 30.3 Å². The number of benzene rings is 1. The number of carbonyl (C=O) groups is 2. The molecule has 0 saturated heterocycles. The highest BCUT2D eigenvalue weighted by molar-refractivity contribution is 7.15. The molecule has 2 aliphatic rings. The van der Waals surface area contributed by atoms with Crippen molar-refractivity contribution in [2.24, 2.45) is 5.92 Å². The fourth-order valence-electron chi connectivity index (χ4n) is 3.02. The van der Waals surface area contributed by atoms with Crippen LogP contribution < -0.4 is 10.6 Å². The van der Waals surface area contributed by atoms with Gasteiger partial charge >= 0.3 is 6.03 Å². The van der Waals surface area contributed by atoms with Gasteiger partial charge in [0.2, 0.25) is 5.91 Å². The lowest BCUT2D eigenvalue weighted by molar-refractivity contribution is -0.122. The molecule has 0 atom stereocenters. The minimum absolute atomic E-state index is 0.0797. The van der Waals surface area contributed by atoms with Gasteiger partial charge in [0.1, 0.15) is 0 Å². The van der Waals surface area contributed by atoms with Gasteiger partial charge in [-0.15, -0.1) is 0 Å². The minimum Gasteiger partial charge on any atom is -0.319 e. The number of nitrogens with one attached hydrogen (secondary N) is 2. The quantitative estimate of drug-likeness (QED) is 0.884. The molecule has 1 aromatic carbocycles. The summed E-state index contributed by atoms with van der Waals surface area (Å²) in [7, 11) is 0. The highest BCUT2D eigenvalue weighted by atomic mass is 32.1. The highest BCUT2D eigenvalue weighted by Crippen LogP contribution is 2.31. The standard InChI is InChI=1S/C18H20N4O2S/c23-16(12-5-4-6-12)21-17-20-14-9-10-22(11-15(14)25-17)18(24)19-13-7-2-1-3-8-13/h1-3,7-8,12H,4-6,9-11H2,(H,19,24)(H,20,21,23). The summed E-state index contributed by atoms with van der Waals surface area (Å²) in [6, 6.07) is 9.33. The minimum atomic E-state index is -0.106. The van der Waals surface area contributed by atoms with Crippen LogP contribution in [0.3, 0.4) is 0 Å². The zero-order chi connectivity index (χ0) is 17.2. The maximum Gasteiger partial charge on any atom is 0.322 e. The summed E-state index contributed by atoms with van der Waals surface area (Å²) in [6.45, 7) is 1.16. The molecule has 4 rings (SSSR count). The van der Waals surface area contributed by atoms with Crippen molar-refractivity contribution in [2.45, 2.75) is 32.2 Å². The Hall–Kier alpha value is -2.41. The van der Waals surface area contributed by atoms with E-state index in [0.717, 1.165) is 35.5 Å². The van der Waals surface area contributed by atoms with E-state index in [4.69, 9.17) is 0 Å². The fraction of sp³-hybridized carbons (Fsp3) is 0.389. The third-order valence-electron chi connectivity index (χ3n) is 4.75. The van der Waals surface area contributed by atoms with Crippen molar-refractivity contribution >= 4 is 34.1 Å². The third-order valence-corrected chi connectivity index (χ3v) is 5.75. The Bertz CT molecular complexity index is 786. The van der Waals surface area contributed by atoms with Gasteiger partial charge in [-0.1, -0.05) is 36.0 Å². The van der Waals surface area contributed by atoms with E-state index in [2.05, 4.69) is 15.6 Å². The average molecular weight is 356 g/mol. The zero-order valence-electron chi connectivity index (χ0n) is 13.8. The monoisotopic (exact) mass is 356 g/mol. The SMILES string of the molecule is O=C(Nc1nc2c(s1)CN(C(=O)Nc1ccccc1)CC2)C1CCC1. The topological polar surface area (TPSA) is 74.3 Å². The van der Waals surface area contributed by atoms with Crippen LogP contribution in [0.2, 0.25) is 0 Å². The summed E-state index contributed by atoms with van der Waals surface area (Å²) in [4.78, 5) is 31.9. The summed E-state index contributed by atoms with van der Waals surface area (Å²) in [6.07, 6.45) is 3.81. The first-order valence-corrected chi connectivity index (χ1v) is 9.41. The van der Waals surface area contributed by atoms with Crippen LogP contribution in [-0.4, -0.2) is 28.4 Å². The molecule has 2 aromatic rings. The van der Waals surface area contributed by atoms with Gasteiger partial charge in [0, 0.05) is 29.4 Å². The highest BCUT2D eigenvalue weighted by Gasteiger charge is 2.28. The molecular formula is C18H20N4O2S. The second-order valence-electron chi connectivity index (χ2n) is 6.47. The molecule has 1 fully saturated rings. The van der Waals surface area contributed by atoms with Crippen molar-refractivity contribution < 1.29 is 9.59 Å². The van der Waals surface area contributed by atoms with Crippen molar-refractivity contribution in [1.29, 1.82) is 0 Å². The van der Waals surface area contributed by atoms with Crippen LogP contribution >= 0.6 is 11.3 Å². The van der Waals surface area contributed by atoms with E-state index in [0.29, 0.717) is 24.6 Å². The molecule has 6 nitrogen and oxygen atoms in total. The Kier molecular flexibility index (Phi) is 4.40. The molecule has 0 unspecified atom stereocenters. The van der Waals surface area contributed by atoms with Gasteiger partial charge < -0.3 is 15.5 Å². The molecule has 2 N–H and O–H groups in total. The molecule has 1 saturated carbocycles. The Morgan fingerprint density at radius 2 is 1.96 bits per heavy atom. The predicted molar refractivity (Wildman–Crippen MR) is 97.7 cm³/mol.